The SMILES string of the molecule is C=C/C=C(/c1ccc(F)cc1)c1nc(-c2n[nH]c3ccc(-c4cncc(NC(=O)C(C)(C)C)c4)cc23)[nH]c1C. The van der Waals surface area contributed by atoms with Crippen LogP contribution in [0.2, 0.25) is 0 Å². The normalized spacial score (nSPS) is 12.1. The van der Waals surface area contributed by atoms with Gasteiger partial charge in [-0.15, -0.1) is 0 Å². The Labute approximate surface area is 225 Å². The van der Waals surface area contributed by atoms with Gasteiger partial charge in [0.25, 0.3) is 0 Å². The number of hydrogen-bond acceptors (Lipinski definition) is 4. The number of carbonyl (C=O) groups excluding carboxylic acids is 1. The lowest BCUT2D eigenvalue weighted by Gasteiger charge is -2.17. The van der Waals surface area contributed by atoms with Gasteiger partial charge < -0.3 is 10.3 Å². The minimum absolute atomic E-state index is 0.0801. The summed E-state index contributed by atoms with van der Waals surface area (Å²) in [7, 11) is 0. The maximum atomic E-state index is 13.5. The Morgan fingerprint density at radius 2 is 1.82 bits per heavy atom. The summed E-state index contributed by atoms with van der Waals surface area (Å²) in [5.41, 5.74) is 6.66. The van der Waals surface area contributed by atoms with Crippen molar-refractivity contribution >= 4 is 28.1 Å². The van der Waals surface area contributed by atoms with E-state index in [0.717, 1.165) is 44.6 Å². The van der Waals surface area contributed by atoms with Crippen molar-refractivity contribution in [1.82, 2.24) is 25.1 Å². The molecule has 0 aliphatic carbocycles. The highest BCUT2D eigenvalue weighted by Gasteiger charge is 2.22. The summed E-state index contributed by atoms with van der Waals surface area (Å²) >= 11 is 0. The number of anilines is 1. The summed E-state index contributed by atoms with van der Waals surface area (Å²) in [5.74, 6) is 0.225. The Morgan fingerprint density at radius 1 is 1.05 bits per heavy atom. The summed E-state index contributed by atoms with van der Waals surface area (Å²) in [4.78, 5) is 25.0. The average molecular weight is 521 g/mol. The molecule has 3 aromatic heterocycles. The second-order valence-corrected chi connectivity index (χ2v) is 10.4. The zero-order valence-corrected chi connectivity index (χ0v) is 22.3. The van der Waals surface area contributed by atoms with Crippen LogP contribution in [-0.2, 0) is 4.79 Å². The van der Waals surface area contributed by atoms with Crippen LogP contribution in [0.4, 0.5) is 10.1 Å². The molecule has 2 aromatic carbocycles. The molecule has 0 aliphatic heterocycles. The van der Waals surface area contributed by atoms with Crippen LogP contribution in [0, 0.1) is 18.2 Å². The number of aromatic amines is 2. The van der Waals surface area contributed by atoms with Crippen LogP contribution in [0.25, 0.3) is 39.1 Å². The number of benzene rings is 2. The van der Waals surface area contributed by atoms with Gasteiger partial charge in [0.2, 0.25) is 5.91 Å². The van der Waals surface area contributed by atoms with E-state index < -0.39 is 5.41 Å². The average Bonchev–Trinajstić information content (AvgIpc) is 3.50. The first-order valence-corrected chi connectivity index (χ1v) is 12.5. The number of allylic oxidation sites excluding steroid dienone is 2. The quantitative estimate of drug-likeness (QED) is 0.209. The lowest BCUT2D eigenvalue weighted by molar-refractivity contribution is -0.123. The molecule has 0 atom stereocenters. The van der Waals surface area contributed by atoms with Crippen molar-refractivity contribution in [3.8, 4) is 22.6 Å². The smallest absolute Gasteiger partial charge is 0.229 e. The molecular formula is C31H29FN6O. The number of carbonyl (C=O) groups is 1. The largest absolute Gasteiger partial charge is 0.340 e. The van der Waals surface area contributed by atoms with E-state index in [1.807, 2.05) is 58.0 Å². The summed E-state index contributed by atoms with van der Waals surface area (Å²) < 4.78 is 13.5. The molecule has 0 unspecified atom stereocenters. The number of aromatic nitrogens is 5. The molecule has 8 heteroatoms. The lowest BCUT2D eigenvalue weighted by atomic mass is 9.95. The second kappa shape index (κ2) is 10.1. The summed E-state index contributed by atoms with van der Waals surface area (Å²) in [5, 5.41) is 11.5. The highest BCUT2D eigenvalue weighted by atomic mass is 19.1. The van der Waals surface area contributed by atoms with Crippen molar-refractivity contribution in [2.24, 2.45) is 5.41 Å². The minimum Gasteiger partial charge on any atom is -0.340 e. The molecule has 0 aliphatic rings. The number of aryl methyl sites for hydroxylation is 1. The van der Waals surface area contributed by atoms with E-state index in [4.69, 9.17) is 4.98 Å². The van der Waals surface area contributed by atoms with Crippen molar-refractivity contribution in [3.05, 3.63) is 102 Å². The number of amides is 1. The van der Waals surface area contributed by atoms with E-state index in [-0.39, 0.29) is 11.7 Å². The van der Waals surface area contributed by atoms with E-state index in [0.29, 0.717) is 17.2 Å². The van der Waals surface area contributed by atoms with Crippen LogP contribution in [-0.4, -0.2) is 31.1 Å². The maximum absolute atomic E-state index is 13.5. The number of hydrogen-bond donors (Lipinski definition) is 3. The number of pyridine rings is 1. The summed E-state index contributed by atoms with van der Waals surface area (Å²) in [6, 6.07) is 14.2. The van der Waals surface area contributed by atoms with Gasteiger partial charge in [0.15, 0.2) is 5.82 Å². The maximum Gasteiger partial charge on any atom is 0.229 e. The van der Waals surface area contributed by atoms with E-state index in [9.17, 15) is 9.18 Å². The molecule has 5 rings (SSSR count). The molecule has 0 saturated heterocycles. The molecule has 39 heavy (non-hydrogen) atoms. The van der Waals surface area contributed by atoms with Gasteiger partial charge in [0.1, 0.15) is 11.5 Å². The van der Waals surface area contributed by atoms with E-state index in [1.54, 1.807) is 30.6 Å². The second-order valence-electron chi connectivity index (χ2n) is 10.4. The fourth-order valence-electron chi connectivity index (χ4n) is 4.25. The molecule has 196 valence electrons. The van der Waals surface area contributed by atoms with E-state index in [2.05, 4.69) is 32.1 Å². The Morgan fingerprint density at radius 3 is 2.54 bits per heavy atom. The third-order valence-electron chi connectivity index (χ3n) is 6.38. The van der Waals surface area contributed by atoms with Gasteiger partial charge in [-0.3, -0.25) is 14.9 Å². The van der Waals surface area contributed by atoms with Gasteiger partial charge in [0.05, 0.1) is 23.1 Å². The number of rotatable bonds is 6. The molecular weight excluding hydrogens is 491 g/mol. The zero-order valence-electron chi connectivity index (χ0n) is 22.3. The van der Waals surface area contributed by atoms with Crippen LogP contribution in [0.5, 0.6) is 0 Å². The molecule has 0 fully saturated rings. The van der Waals surface area contributed by atoms with Crippen molar-refractivity contribution in [3.63, 3.8) is 0 Å². The topological polar surface area (TPSA) is 99.3 Å². The van der Waals surface area contributed by atoms with Gasteiger partial charge in [-0.25, -0.2) is 9.37 Å². The van der Waals surface area contributed by atoms with Crippen LogP contribution in [0.1, 0.15) is 37.7 Å². The van der Waals surface area contributed by atoms with Gasteiger partial charge in [0, 0.05) is 33.8 Å². The fraction of sp³-hybridized carbons (Fsp3) is 0.161. The fourth-order valence-corrected chi connectivity index (χ4v) is 4.25. The Balaban J connectivity index is 1.52. The van der Waals surface area contributed by atoms with Crippen LogP contribution < -0.4 is 5.32 Å². The van der Waals surface area contributed by atoms with Gasteiger partial charge >= 0.3 is 0 Å². The monoisotopic (exact) mass is 520 g/mol. The number of imidazole rings is 1. The molecule has 0 saturated carbocycles. The minimum atomic E-state index is -0.516. The number of H-pyrrole nitrogens is 2. The highest BCUT2D eigenvalue weighted by molar-refractivity contribution is 5.96. The zero-order chi connectivity index (χ0) is 27.7. The molecule has 3 heterocycles. The third-order valence-corrected chi connectivity index (χ3v) is 6.38. The predicted molar refractivity (Wildman–Crippen MR) is 153 cm³/mol. The summed E-state index contributed by atoms with van der Waals surface area (Å²) in [6.45, 7) is 11.4. The van der Waals surface area contributed by atoms with Gasteiger partial charge in [-0.2, -0.15) is 5.10 Å². The molecule has 0 spiro atoms. The van der Waals surface area contributed by atoms with Gasteiger partial charge in [-0.1, -0.05) is 57.7 Å². The van der Waals surface area contributed by atoms with Crippen LogP contribution in [0.15, 0.2) is 79.7 Å². The van der Waals surface area contributed by atoms with E-state index in [1.165, 1.54) is 12.1 Å². The molecule has 3 N–H and O–H groups in total. The van der Waals surface area contributed by atoms with Crippen molar-refractivity contribution < 1.29 is 9.18 Å². The first-order valence-electron chi connectivity index (χ1n) is 12.5. The number of halogens is 1. The standard InChI is InChI=1S/C31H29FN6O/c1-6-7-24(19-8-11-22(32)12-9-19)27-18(2)34-29(36-27)28-25-15-20(10-13-26(25)37-38-28)21-14-23(17-33-16-21)35-30(39)31(3,4)5/h6-17H,1H2,2-5H3,(H,34,36)(H,35,39)(H,37,38)/b24-7-. The predicted octanol–water partition coefficient (Wildman–Crippen LogP) is 7.06. The first kappa shape index (κ1) is 25.8. The van der Waals surface area contributed by atoms with Crippen LogP contribution >= 0.6 is 0 Å². The third kappa shape index (κ3) is 5.27. The first-order chi connectivity index (χ1) is 18.6. The van der Waals surface area contributed by atoms with Crippen molar-refractivity contribution in [2.75, 3.05) is 5.32 Å². The molecule has 0 radical (unpaired) electrons. The van der Waals surface area contributed by atoms with Crippen molar-refractivity contribution in [1.29, 1.82) is 0 Å². The molecule has 7 nitrogen and oxygen atoms in total. The van der Waals surface area contributed by atoms with E-state index >= 15 is 0 Å². The molecule has 1 amide bonds. The Bertz CT molecular complexity index is 1720. The number of nitrogens with zero attached hydrogens (tertiary/aromatic N) is 3. The molecule has 0 bridgehead atoms. The number of nitrogens with one attached hydrogen (secondary N) is 3. The Hall–Kier alpha value is -4.85. The highest BCUT2D eigenvalue weighted by Crippen LogP contribution is 2.33. The molecule has 5 aromatic rings. The van der Waals surface area contributed by atoms with Crippen LogP contribution in [0.3, 0.4) is 0 Å². The number of fused-ring (bicyclic) bond motifs is 1. The Kier molecular flexibility index (Phi) is 6.70. The van der Waals surface area contributed by atoms with Gasteiger partial charge in [-0.05, 0) is 48.4 Å². The lowest BCUT2D eigenvalue weighted by Crippen LogP contribution is -2.27. The summed E-state index contributed by atoms with van der Waals surface area (Å²) in [6.07, 6.45) is 6.95. The van der Waals surface area contributed by atoms with Crippen molar-refractivity contribution in [2.45, 2.75) is 27.7 Å².